The lowest BCUT2D eigenvalue weighted by Gasteiger charge is -2.33. The molecule has 1 amide bonds. The third-order valence-electron chi connectivity index (χ3n) is 5.59. The number of benzene rings is 2. The lowest BCUT2D eigenvalue weighted by molar-refractivity contribution is -0.120. The molecule has 1 N–H and O–H groups in total. The second-order valence-electron chi connectivity index (χ2n) is 7.95. The van der Waals surface area contributed by atoms with Crippen LogP contribution in [0.1, 0.15) is 18.4 Å². The van der Waals surface area contributed by atoms with Gasteiger partial charge in [0, 0.05) is 42.1 Å². The Hall–Kier alpha value is -3.26. The number of methoxy groups -OCH3 is 2. The van der Waals surface area contributed by atoms with Crippen molar-refractivity contribution in [1.29, 1.82) is 0 Å². The highest BCUT2D eigenvalue weighted by Gasteiger charge is 2.28. The van der Waals surface area contributed by atoms with E-state index in [4.69, 9.17) is 9.47 Å². The van der Waals surface area contributed by atoms with Crippen molar-refractivity contribution in [3.05, 3.63) is 60.4 Å². The molecule has 4 rings (SSSR count). The summed E-state index contributed by atoms with van der Waals surface area (Å²) in [6.07, 6.45) is 5.17. The molecule has 0 bridgehead atoms. The summed E-state index contributed by atoms with van der Waals surface area (Å²) in [4.78, 5) is 25.6. The molecule has 2 heterocycles. The summed E-state index contributed by atoms with van der Waals surface area (Å²) in [6, 6.07) is 13.7. The fourth-order valence-corrected chi connectivity index (χ4v) is 4.94. The molecule has 1 fully saturated rings. The van der Waals surface area contributed by atoms with Crippen molar-refractivity contribution < 1.29 is 14.3 Å². The number of carbonyl (C=O) groups excluding carboxylic acids is 1. The van der Waals surface area contributed by atoms with Crippen LogP contribution in [0, 0.1) is 12.8 Å². The minimum absolute atomic E-state index is 0.0105. The predicted octanol–water partition coefficient (Wildman–Crippen LogP) is 4.81. The standard InChI is InChI=1S/C25H28N4O3S/c1-17-6-4-8-20(14-17)33-25-23(26-11-12-27-25)29-13-5-7-18(16-29)24(30)28-19-9-10-21(31-2)22(15-19)32-3/h4,6,8-12,14-15,18H,5,7,13,16H2,1-3H3,(H,28,30). The second kappa shape index (κ2) is 10.6. The van der Waals surface area contributed by atoms with E-state index in [2.05, 4.69) is 45.3 Å². The Morgan fingerprint density at radius 3 is 2.70 bits per heavy atom. The highest BCUT2D eigenvalue weighted by Crippen LogP contribution is 2.35. The number of nitrogens with one attached hydrogen (secondary N) is 1. The van der Waals surface area contributed by atoms with Crippen LogP contribution < -0.4 is 19.7 Å². The summed E-state index contributed by atoms with van der Waals surface area (Å²) in [5.41, 5.74) is 1.89. The zero-order valence-electron chi connectivity index (χ0n) is 19.1. The lowest BCUT2D eigenvalue weighted by atomic mass is 9.97. The topological polar surface area (TPSA) is 76.6 Å². The maximum atomic E-state index is 13.1. The Labute approximate surface area is 198 Å². The highest BCUT2D eigenvalue weighted by atomic mass is 32.2. The normalized spacial score (nSPS) is 15.7. The number of nitrogens with zero attached hydrogens (tertiary/aromatic N) is 3. The summed E-state index contributed by atoms with van der Waals surface area (Å²) >= 11 is 1.60. The van der Waals surface area contributed by atoms with Gasteiger partial charge in [-0.05, 0) is 44.0 Å². The number of anilines is 2. The summed E-state index contributed by atoms with van der Waals surface area (Å²) in [5.74, 6) is 1.88. The van der Waals surface area contributed by atoms with Gasteiger partial charge in [0.15, 0.2) is 17.3 Å². The van der Waals surface area contributed by atoms with Crippen molar-refractivity contribution in [3.63, 3.8) is 0 Å². The van der Waals surface area contributed by atoms with Gasteiger partial charge in [0.1, 0.15) is 5.03 Å². The Morgan fingerprint density at radius 1 is 1.09 bits per heavy atom. The molecule has 1 aliphatic rings. The van der Waals surface area contributed by atoms with Gasteiger partial charge < -0.3 is 19.7 Å². The average molecular weight is 465 g/mol. The predicted molar refractivity (Wildman–Crippen MR) is 130 cm³/mol. The Morgan fingerprint density at radius 2 is 1.91 bits per heavy atom. The fraction of sp³-hybridized carbons (Fsp3) is 0.320. The molecule has 172 valence electrons. The number of aromatic nitrogens is 2. The van der Waals surface area contributed by atoms with E-state index in [0.717, 1.165) is 35.1 Å². The number of amides is 1. The van der Waals surface area contributed by atoms with Gasteiger partial charge in [0.25, 0.3) is 0 Å². The maximum Gasteiger partial charge on any atom is 0.229 e. The molecule has 1 atom stereocenters. The van der Waals surface area contributed by atoms with E-state index in [1.54, 1.807) is 50.5 Å². The second-order valence-corrected chi connectivity index (χ2v) is 9.01. The molecule has 7 nitrogen and oxygen atoms in total. The smallest absolute Gasteiger partial charge is 0.229 e. The Bertz CT molecular complexity index is 1120. The molecule has 0 aliphatic carbocycles. The van der Waals surface area contributed by atoms with Crippen molar-refractivity contribution in [3.8, 4) is 11.5 Å². The molecule has 1 saturated heterocycles. The van der Waals surface area contributed by atoms with E-state index in [9.17, 15) is 4.79 Å². The van der Waals surface area contributed by atoms with Gasteiger partial charge in [-0.25, -0.2) is 9.97 Å². The first-order chi connectivity index (χ1) is 16.1. The molecular formula is C25H28N4O3S. The van der Waals surface area contributed by atoms with Crippen LogP contribution in [0.4, 0.5) is 11.5 Å². The molecule has 3 aromatic rings. The van der Waals surface area contributed by atoms with Crippen LogP contribution in [0.3, 0.4) is 0 Å². The van der Waals surface area contributed by atoms with E-state index >= 15 is 0 Å². The van der Waals surface area contributed by atoms with E-state index < -0.39 is 0 Å². The van der Waals surface area contributed by atoms with Gasteiger partial charge in [-0.15, -0.1) is 0 Å². The third kappa shape index (κ3) is 5.57. The fourth-order valence-electron chi connectivity index (χ4n) is 3.94. The Balaban J connectivity index is 1.47. The van der Waals surface area contributed by atoms with Gasteiger partial charge in [0.2, 0.25) is 5.91 Å². The molecule has 0 spiro atoms. The monoisotopic (exact) mass is 464 g/mol. The van der Waals surface area contributed by atoms with Crippen LogP contribution in [-0.2, 0) is 4.79 Å². The zero-order chi connectivity index (χ0) is 23.2. The molecule has 2 aromatic carbocycles. The summed E-state index contributed by atoms with van der Waals surface area (Å²) in [6.45, 7) is 3.52. The summed E-state index contributed by atoms with van der Waals surface area (Å²) in [5, 5.41) is 3.88. The number of carbonyl (C=O) groups is 1. The first-order valence-corrected chi connectivity index (χ1v) is 11.7. The molecule has 8 heteroatoms. The van der Waals surface area contributed by atoms with Gasteiger partial charge in [-0.3, -0.25) is 4.79 Å². The number of rotatable bonds is 7. The summed E-state index contributed by atoms with van der Waals surface area (Å²) < 4.78 is 10.6. The lowest BCUT2D eigenvalue weighted by Crippen LogP contribution is -2.41. The molecule has 0 saturated carbocycles. The van der Waals surface area contributed by atoms with Crippen molar-refractivity contribution in [1.82, 2.24) is 9.97 Å². The van der Waals surface area contributed by atoms with E-state index in [-0.39, 0.29) is 11.8 Å². The van der Waals surface area contributed by atoms with Crippen molar-refractivity contribution in [2.45, 2.75) is 29.7 Å². The average Bonchev–Trinajstić information content (AvgIpc) is 2.84. The minimum atomic E-state index is -0.148. The van der Waals surface area contributed by atoms with E-state index in [1.807, 2.05) is 12.1 Å². The Kier molecular flexibility index (Phi) is 7.34. The molecule has 1 aliphatic heterocycles. The number of ether oxygens (including phenoxy) is 2. The molecule has 0 radical (unpaired) electrons. The van der Waals surface area contributed by atoms with Gasteiger partial charge in [0.05, 0.1) is 20.1 Å². The van der Waals surface area contributed by atoms with Gasteiger partial charge in [-0.2, -0.15) is 0 Å². The first kappa shape index (κ1) is 22.9. The van der Waals surface area contributed by atoms with Gasteiger partial charge >= 0.3 is 0 Å². The molecule has 1 unspecified atom stereocenters. The van der Waals surface area contributed by atoms with E-state index in [0.29, 0.717) is 23.7 Å². The minimum Gasteiger partial charge on any atom is -0.493 e. The molecule has 33 heavy (non-hydrogen) atoms. The van der Waals surface area contributed by atoms with Crippen LogP contribution in [0.2, 0.25) is 0 Å². The van der Waals surface area contributed by atoms with Crippen LogP contribution in [-0.4, -0.2) is 43.2 Å². The van der Waals surface area contributed by atoms with Crippen LogP contribution in [0.15, 0.2) is 64.8 Å². The summed E-state index contributed by atoms with van der Waals surface area (Å²) in [7, 11) is 3.17. The van der Waals surface area contributed by atoms with Crippen molar-refractivity contribution in [2.75, 3.05) is 37.5 Å². The number of aryl methyl sites for hydroxylation is 1. The number of piperidine rings is 1. The highest BCUT2D eigenvalue weighted by molar-refractivity contribution is 7.99. The first-order valence-electron chi connectivity index (χ1n) is 10.9. The quantitative estimate of drug-likeness (QED) is 0.538. The SMILES string of the molecule is COc1ccc(NC(=O)C2CCCN(c3nccnc3Sc3cccc(C)c3)C2)cc1OC. The number of hydrogen-bond donors (Lipinski definition) is 1. The zero-order valence-corrected chi connectivity index (χ0v) is 19.9. The molecule has 1 aromatic heterocycles. The van der Waals surface area contributed by atoms with Crippen LogP contribution in [0.5, 0.6) is 11.5 Å². The number of hydrogen-bond acceptors (Lipinski definition) is 7. The van der Waals surface area contributed by atoms with Crippen molar-refractivity contribution in [2.24, 2.45) is 5.92 Å². The molecular weight excluding hydrogens is 436 g/mol. The van der Waals surface area contributed by atoms with Crippen molar-refractivity contribution >= 4 is 29.2 Å². The largest absolute Gasteiger partial charge is 0.493 e. The van der Waals surface area contributed by atoms with Gasteiger partial charge in [-0.1, -0.05) is 29.5 Å². The van der Waals surface area contributed by atoms with E-state index in [1.165, 1.54) is 5.56 Å². The maximum absolute atomic E-state index is 13.1. The van der Waals surface area contributed by atoms with Crippen LogP contribution >= 0.6 is 11.8 Å². The third-order valence-corrected chi connectivity index (χ3v) is 6.56. The van der Waals surface area contributed by atoms with Crippen LogP contribution in [0.25, 0.3) is 0 Å².